The number of nitrogens with zero attached hydrogens (tertiary/aromatic N) is 2. The fourth-order valence-corrected chi connectivity index (χ4v) is 9.91. The van der Waals surface area contributed by atoms with E-state index >= 15 is 4.39 Å². The van der Waals surface area contributed by atoms with E-state index in [0.29, 0.717) is 65.1 Å². The number of amides is 2. The molecule has 61 heavy (non-hydrogen) atoms. The number of hydrogen-bond donors (Lipinski definition) is 7. The number of nitrogens with one attached hydrogen (secondary N) is 2. The quantitative estimate of drug-likeness (QED) is 0.0611. The van der Waals surface area contributed by atoms with Gasteiger partial charge in [-0.15, -0.1) is 0 Å². The van der Waals surface area contributed by atoms with Gasteiger partial charge in [0.1, 0.15) is 35.6 Å². The number of anilines is 1. The van der Waals surface area contributed by atoms with Crippen LogP contribution in [0.25, 0.3) is 11.3 Å². The number of aromatic nitrogens is 1. The third-order valence-electron chi connectivity index (χ3n) is 11.8. The molecule has 2 aliphatic carbocycles. The first-order chi connectivity index (χ1) is 29.2. The van der Waals surface area contributed by atoms with Crippen LogP contribution in [0.2, 0.25) is 10.0 Å². The molecule has 2 amide bonds. The number of aliphatic hydroxyl groups is 5. The topological polar surface area (TPSA) is 232 Å². The van der Waals surface area contributed by atoms with Crippen LogP contribution in [0.5, 0.6) is 0 Å². The van der Waals surface area contributed by atoms with E-state index < -0.39 is 58.7 Å². The number of aliphatic hydroxyl groups excluding tert-OH is 5. The lowest BCUT2D eigenvalue weighted by atomic mass is 10.0. The minimum absolute atomic E-state index is 0.0352. The van der Waals surface area contributed by atoms with Crippen LogP contribution in [0.15, 0.2) is 40.9 Å². The van der Waals surface area contributed by atoms with Crippen molar-refractivity contribution >= 4 is 50.7 Å². The summed E-state index contributed by atoms with van der Waals surface area (Å²) in [5.74, 6) is -1.39. The number of benzene rings is 2. The predicted molar refractivity (Wildman–Crippen MR) is 225 cm³/mol. The predicted octanol–water partition coefficient (Wildman–Crippen LogP) is 4.58. The van der Waals surface area contributed by atoms with Crippen molar-refractivity contribution in [2.75, 3.05) is 30.3 Å². The monoisotopic (exact) mass is 912 g/mol. The minimum atomic E-state index is -3.94. The summed E-state index contributed by atoms with van der Waals surface area (Å²) < 4.78 is 55.2. The lowest BCUT2D eigenvalue weighted by molar-refractivity contribution is -0.148. The molecule has 0 spiro atoms. The molecular weight excluding hydrogens is 858 g/mol. The molecule has 2 aromatic carbocycles. The molecule has 7 N–H and O–H groups in total. The van der Waals surface area contributed by atoms with Gasteiger partial charge in [-0.2, -0.15) is 0 Å². The Kier molecular flexibility index (Phi) is 16.5. The summed E-state index contributed by atoms with van der Waals surface area (Å²) in [5, 5.41) is 55.2. The number of hydrogen-bond acceptors (Lipinski definition) is 13. The number of ether oxygens (including phenoxy) is 1. The first kappa shape index (κ1) is 47.1. The van der Waals surface area contributed by atoms with Crippen molar-refractivity contribution in [1.29, 1.82) is 0 Å². The van der Waals surface area contributed by atoms with Crippen LogP contribution in [0.4, 0.5) is 10.1 Å². The Morgan fingerprint density at radius 2 is 1.62 bits per heavy atom. The highest BCUT2D eigenvalue weighted by molar-refractivity contribution is 7.90. The van der Waals surface area contributed by atoms with Gasteiger partial charge in [-0.1, -0.05) is 72.9 Å². The Bertz CT molecular complexity index is 2070. The summed E-state index contributed by atoms with van der Waals surface area (Å²) in [6.45, 7) is 0.244. The molecule has 1 aliphatic heterocycles. The molecule has 15 nitrogen and oxygen atoms in total. The maximum Gasteiger partial charge on any atom is 0.264 e. The van der Waals surface area contributed by atoms with Crippen molar-refractivity contribution in [2.24, 2.45) is 5.92 Å². The van der Waals surface area contributed by atoms with Gasteiger partial charge in [0.15, 0.2) is 6.10 Å². The number of fused-ring (bicyclic) bond motifs is 2. The average molecular weight is 914 g/mol. The van der Waals surface area contributed by atoms with Crippen LogP contribution in [-0.2, 0) is 26.2 Å². The number of piperidine rings is 1. The standard InChI is InChI=1S/C42H55Cl2FN4O11S/c43-29-10-9-11-30(44)35(29)36-28(40(60-47-36)24-12-13-24)23-59-34-20-27-18-26(34)21-49(27)32-15-14-25(19-31(32)45)41(55)48-61(57,58)17-8-6-4-2-1-3-5-7-16-46-42(56)39(54)38(53)37(52)33(51)22-50/h9-11,14-15,19,24,26-27,33-34,37-39,50-54H,1-8,12-13,16-18,20-23H2,(H,46,56)(H,48,55)/t26-,27-,33+,34+,37+,38-,39+/m0/s1. The second kappa shape index (κ2) is 21.3. The fraction of sp³-hybridized carbons (Fsp3) is 0.595. The third-order valence-corrected chi connectivity index (χ3v) is 13.8. The zero-order chi connectivity index (χ0) is 43.8. The van der Waals surface area contributed by atoms with Gasteiger partial charge >= 0.3 is 0 Å². The second-order valence-corrected chi connectivity index (χ2v) is 19.0. The van der Waals surface area contributed by atoms with Crippen molar-refractivity contribution in [3.05, 3.63) is 69.1 Å². The van der Waals surface area contributed by atoms with Crippen molar-refractivity contribution in [1.82, 2.24) is 15.2 Å². The van der Waals surface area contributed by atoms with E-state index in [-0.39, 0.29) is 42.5 Å². The number of unbranched alkanes of at least 4 members (excludes halogenated alkanes) is 7. The Balaban J connectivity index is 0.869. The minimum Gasteiger partial charge on any atom is -0.394 e. The van der Waals surface area contributed by atoms with Crippen LogP contribution >= 0.6 is 23.2 Å². The summed E-state index contributed by atoms with van der Waals surface area (Å²) in [4.78, 5) is 26.8. The van der Waals surface area contributed by atoms with E-state index in [2.05, 4.69) is 15.2 Å². The van der Waals surface area contributed by atoms with Crippen molar-refractivity contribution in [2.45, 2.75) is 126 Å². The van der Waals surface area contributed by atoms with Crippen molar-refractivity contribution in [3.8, 4) is 11.3 Å². The highest BCUT2D eigenvalue weighted by atomic mass is 35.5. The molecule has 0 radical (unpaired) electrons. The normalized spacial score (nSPS) is 20.7. The summed E-state index contributed by atoms with van der Waals surface area (Å²) >= 11 is 13.0. The van der Waals surface area contributed by atoms with E-state index in [4.69, 9.17) is 37.6 Å². The van der Waals surface area contributed by atoms with Crippen molar-refractivity contribution in [3.63, 3.8) is 0 Å². The molecule has 2 bridgehead atoms. The summed E-state index contributed by atoms with van der Waals surface area (Å²) in [6.07, 6.45) is 1.73. The van der Waals surface area contributed by atoms with E-state index in [0.717, 1.165) is 68.8 Å². The van der Waals surface area contributed by atoms with Crippen molar-refractivity contribution < 1.29 is 57.2 Å². The molecule has 19 heteroatoms. The molecule has 336 valence electrons. The van der Waals surface area contributed by atoms with Gasteiger partial charge in [0.2, 0.25) is 10.0 Å². The van der Waals surface area contributed by atoms with Crippen LogP contribution in [0, 0.1) is 11.7 Å². The Labute approximate surface area is 364 Å². The first-order valence-corrected chi connectivity index (χ1v) is 23.4. The highest BCUT2D eigenvalue weighted by Crippen LogP contribution is 2.47. The molecule has 3 aromatic rings. The Hall–Kier alpha value is -3.39. The van der Waals surface area contributed by atoms with Gasteiger partial charge in [0.05, 0.1) is 40.8 Å². The number of carbonyl (C=O) groups excluding carboxylic acids is 2. The van der Waals surface area contributed by atoms with Gasteiger partial charge in [0.25, 0.3) is 11.8 Å². The van der Waals surface area contributed by atoms with Crippen LogP contribution in [-0.4, -0.2) is 113 Å². The molecule has 2 heterocycles. The largest absolute Gasteiger partial charge is 0.394 e. The van der Waals surface area contributed by atoms with Crippen LogP contribution in [0.3, 0.4) is 0 Å². The SMILES string of the molecule is O=C(NS(=O)(=O)CCCCCCCCCCNC(=O)[C@H](O)[C@@H](O)[C@H](O)[C@H](O)CO)c1ccc(N2C[C@@H]3C[C@H]2C[C@H]3OCc2c(-c3c(Cl)cccc3Cl)noc2C2CC2)c(F)c1. The first-order valence-electron chi connectivity index (χ1n) is 20.9. The van der Waals surface area contributed by atoms with E-state index in [9.17, 15) is 38.4 Å². The zero-order valence-electron chi connectivity index (χ0n) is 33.7. The maximum absolute atomic E-state index is 15.5. The lowest BCUT2D eigenvalue weighted by Crippen LogP contribution is -2.51. The fourth-order valence-electron chi connectivity index (χ4n) is 8.25. The van der Waals surface area contributed by atoms with Gasteiger partial charge in [-0.05, 0) is 68.9 Å². The van der Waals surface area contributed by atoms with Gasteiger partial charge in [-0.25, -0.2) is 17.5 Å². The van der Waals surface area contributed by atoms with E-state index in [1.165, 1.54) is 12.1 Å². The zero-order valence-corrected chi connectivity index (χ0v) is 36.1. The Morgan fingerprint density at radius 3 is 2.25 bits per heavy atom. The third kappa shape index (κ3) is 12.0. The smallest absolute Gasteiger partial charge is 0.264 e. The van der Waals surface area contributed by atoms with Gasteiger partial charge in [-0.3, -0.25) is 9.59 Å². The molecule has 0 unspecified atom stereocenters. The van der Waals surface area contributed by atoms with E-state index in [1.807, 2.05) is 4.90 Å². The number of sulfonamides is 1. The molecular formula is C42H55Cl2FN4O11S. The summed E-state index contributed by atoms with van der Waals surface area (Å²) in [6, 6.07) is 9.38. The highest BCUT2D eigenvalue weighted by Gasteiger charge is 2.46. The molecule has 1 aromatic heterocycles. The second-order valence-electron chi connectivity index (χ2n) is 16.3. The Morgan fingerprint density at radius 1 is 0.951 bits per heavy atom. The molecule has 1 saturated heterocycles. The van der Waals surface area contributed by atoms with Crippen LogP contribution in [0.1, 0.15) is 105 Å². The molecule has 3 fully saturated rings. The number of rotatable bonds is 24. The number of carbonyl (C=O) groups is 2. The summed E-state index contributed by atoms with van der Waals surface area (Å²) in [5.41, 5.74) is 2.32. The molecule has 2 saturated carbocycles. The summed E-state index contributed by atoms with van der Waals surface area (Å²) in [7, 11) is -3.94. The number of halogens is 3. The average Bonchev–Trinajstić information content (AvgIpc) is 3.69. The van der Waals surface area contributed by atoms with Gasteiger partial charge < -0.3 is 45.0 Å². The lowest BCUT2D eigenvalue weighted by Gasteiger charge is -2.33. The van der Waals surface area contributed by atoms with E-state index in [1.54, 1.807) is 18.2 Å². The molecule has 7 atom stereocenters. The van der Waals surface area contributed by atoms with Gasteiger partial charge in [0, 0.05) is 47.7 Å². The molecule has 3 aliphatic rings. The van der Waals surface area contributed by atoms with Crippen LogP contribution < -0.4 is 14.9 Å². The molecule has 6 rings (SSSR count). The maximum atomic E-state index is 15.5.